The van der Waals surface area contributed by atoms with Gasteiger partial charge in [0.2, 0.25) is 0 Å². The van der Waals surface area contributed by atoms with Gasteiger partial charge in [0, 0.05) is 13.2 Å². The van der Waals surface area contributed by atoms with Crippen LogP contribution in [0.3, 0.4) is 0 Å². The molecule has 10 heavy (non-hydrogen) atoms. The fourth-order valence-electron chi connectivity index (χ4n) is 0.204. The van der Waals surface area contributed by atoms with Crippen LogP contribution < -0.4 is 0 Å². The maximum atomic E-state index is 4.83. The Balaban J connectivity index is -0.00000000800. The quantitative estimate of drug-likeness (QED) is 0.430. The number of rotatable bonds is 2. The summed E-state index contributed by atoms with van der Waals surface area (Å²) in [5, 5.41) is 0. The molecule has 0 amide bonds. The van der Waals surface area contributed by atoms with Gasteiger partial charge in [-0.1, -0.05) is 0 Å². The minimum absolute atomic E-state index is 0. The zero-order valence-corrected chi connectivity index (χ0v) is 5.46. The minimum atomic E-state index is 0. The van der Waals surface area contributed by atoms with Gasteiger partial charge in [0.15, 0.2) is 0 Å². The van der Waals surface area contributed by atoms with Crippen LogP contribution in [0.15, 0.2) is 0 Å². The molecule has 0 heterocycles. The Labute approximate surface area is 60.2 Å². The summed E-state index contributed by atoms with van der Waals surface area (Å²) in [6.07, 6.45) is 0. The smallest absolute Gasteiger partial charge is 0.0814 e. The highest BCUT2D eigenvalue weighted by Crippen LogP contribution is 1.64. The summed E-state index contributed by atoms with van der Waals surface area (Å²) >= 11 is 0. The van der Waals surface area contributed by atoms with E-state index in [1.807, 2.05) is 13.8 Å². The average molecular weight is 168 g/mol. The van der Waals surface area contributed by atoms with Crippen molar-refractivity contribution in [2.24, 2.45) is 0 Å². The van der Waals surface area contributed by atoms with E-state index in [1.165, 1.54) is 0 Å². The van der Waals surface area contributed by atoms with Gasteiger partial charge >= 0.3 is 0 Å². The van der Waals surface area contributed by atoms with Crippen LogP contribution in [0.25, 0.3) is 0 Å². The molecule has 0 saturated heterocycles. The van der Waals surface area contributed by atoms with Crippen LogP contribution in [-0.4, -0.2) is 21.6 Å². The lowest BCUT2D eigenvalue weighted by Gasteiger charge is -1.86. The summed E-state index contributed by atoms with van der Waals surface area (Å²) in [5.74, 6) is 0. The molecule has 0 unspecified atom stereocenters. The summed E-state index contributed by atoms with van der Waals surface area (Å²) in [5.41, 5.74) is 0. The van der Waals surface area contributed by atoms with Crippen LogP contribution >= 0.6 is 0 Å². The second kappa shape index (κ2) is 69.6. The SMILES string of the molecule is B.CCOCC.F.F.F.F. The van der Waals surface area contributed by atoms with Crippen molar-refractivity contribution in [1.82, 2.24) is 0 Å². The van der Waals surface area contributed by atoms with Gasteiger partial charge in [-0.25, -0.2) is 0 Å². The fourth-order valence-corrected chi connectivity index (χ4v) is 0.204. The van der Waals surface area contributed by atoms with E-state index in [2.05, 4.69) is 0 Å². The van der Waals surface area contributed by atoms with Gasteiger partial charge < -0.3 is 4.74 Å². The summed E-state index contributed by atoms with van der Waals surface area (Å²) in [6.45, 7) is 5.67. The summed E-state index contributed by atoms with van der Waals surface area (Å²) < 4.78 is 4.83. The zero-order chi connectivity index (χ0) is 4.12. The Kier molecular flexibility index (Phi) is 370. The molecule has 6 heteroatoms. The zero-order valence-electron chi connectivity index (χ0n) is 5.46. The maximum absolute atomic E-state index is 4.83. The molecule has 0 aromatic heterocycles. The Morgan fingerprint density at radius 3 is 1.00 bits per heavy atom. The van der Waals surface area contributed by atoms with E-state index in [-0.39, 0.29) is 27.2 Å². The van der Waals surface area contributed by atoms with Crippen LogP contribution in [0.2, 0.25) is 0 Å². The van der Waals surface area contributed by atoms with Gasteiger partial charge in [-0.15, -0.1) is 0 Å². The first kappa shape index (κ1) is 53.1. The molecule has 0 saturated carbocycles. The Hall–Kier alpha value is -0.255. The van der Waals surface area contributed by atoms with Crippen molar-refractivity contribution < 1.29 is 23.6 Å². The molecule has 1 nitrogen and oxygen atoms in total. The van der Waals surface area contributed by atoms with Crippen LogP contribution in [-0.2, 0) is 4.74 Å². The molecule has 0 aliphatic heterocycles. The van der Waals surface area contributed by atoms with E-state index in [1.54, 1.807) is 0 Å². The molecule has 0 aliphatic rings. The van der Waals surface area contributed by atoms with E-state index >= 15 is 0 Å². The highest BCUT2D eigenvalue weighted by Gasteiger charge is 1.64. The second-order valence-corrected chi connectivity index (χ2v) is 0.781. The lowest BCUT2D eigenvalue weighted by molar-refractivity contribution is 0.162. The van der Waals surface area contributed by atoms with Gasteiger partial charge in [0.05, 0.1) is 8.41 Å². The van der Waals surface area contributed by atoms with Crippen LogP contribution in [0.1, 0.15) is 13.8 Å². The molecule has 0 rings (SSSR count). The van der Waals surface area contributed by atoms with Gasteiger partial charge in [0.1, 0.15) is 0 Å². The first-order chi connectivity index (χ1) is 2.41. The number of halogens is 4. The van der Waals surface area contributed by atoms with E-state index < -0.39 is 0 Å². The Morgan fingerprint density at radius 1 is 0.800 bits per heavy atom. The lowest BCUT2D eigenvalue weighted by Crippen LogP contribution is -1.84. The summed E-state index contributed by atoms with van der Waals surface area (Å²) in [7, 11) is 0. The number of ether oxygens (including phenoxy) is 1. The molecule has 0 aromatic carbocycles. The third kappa shape index (κ3) is 116. The third-order valence-corrected chi connectivity index (χ3v) is 0.408. The molecule has 0 radical (unpaired) electrons. The van der Waals surface area contributed by atoms with Gasteiger partial charge in [0.25, 0.3) is 0 Å². The van der Waals surface area contributed by atoms with Crippen LogP contribution in [0.4, 0.5) is 18.8 Å². The predicted molar refractivity (Wildman–Crippen MR) is 42.1 cm³/mol. The van der Waals surface area contributed by atoms with Crippen molar-refractivity contribution >= 4 is 8.41 Å². The molecule has 0 bridgehead atoms. The van der Waals surface area contributed by atoms with Gasteiger partial charge in [-0.05, 0) is 13.8 Å². The third-order valence-electron chi connectivity index (χ3n) is 0.408. The number of hydrogen-bond donors (Lipinski definition) is 0. The minimum Gasteiger partial charge on any atom is -0.382 e. The fraction of sp³-hybridized carbons (Fsp3) is 1.00. The second-order valence-electron chi connectivity index (χ2n) is 0.781. The number of hydrogen-bond acceptors (Lipinski definition) is 1. The molecule has 0 aromatic rings. The normalized spacial score (nSPS) is 4.20. The molecule has 0 atom stereocenters. The topological polar surface area (TPSA) is 9.23 Å². The van der Waals surface area contributed by atoms with Crippen molar-refractivity contribution in [3.05, 3.63) is 0 Å². The van der Waals surface area contributed by atoms with Crippen molar-refractivity contribution in [3.63, 3.8) is 0 Å². The van der Waals surface area contributed by atoms with E-state index in [9.17, 15) is 0 Å². The van der Waals surface area contributed by atoms with Crippen LogP contribution in [0, 0.1) is 0 Å². The van der Waals surface area contributed by atoms with Gasteiger partial charge in [-0.2, -0.15) is 0 Å². The first-order valence-corrected chi connectivity index (χ1v) is 1.99. The highest BCUT2D eigenvalue weighted by molar-refractivity contribution is 5.75. The molecule has 70 valence electrons. The highest BCUT2D eigenvalue weighted by atomic mass is 19.0. The predicted octanol–water partition coefficient (Wildman–Crippen LogP) is 0.469. The van der Waals surface area contributed by atoms with Crippen LogP contribution in [0.5, 0.6) is 0 Å². The standard InChI is InChI=1S/C4H10O.BH3.4FH/c1-3-5-4-2;;;;;/h3-4H2,1-2H3;1H3;4*1H. The van der Waals surface area contributed by atoms with Crippen molar-refractivity contribution in [1.29, 1.82) is 0 Å². The van der Waals surface area contributed by atoms with Crippen molar-refractivity contribution in [2.75, 3.05) is 13.2 Å². The summed E-state index contributed by atoms with van der Waals surface area (Å²) in [6, 6.07) is 0. The molecule has 0 aliphatic carbocycles. The molecular formula is C4H17BF4O. The molecular weight excluding hydrogens is 151 g/mol. The largest absolute Gasteiger partial charge is 0.382 e. The monoisotopic (exact) mass is 168 g/mol. The summed E-state index contributed by atoms with van der Waals surface area (Å²) in [4.78, 5) is 0. The van der Waals surface area contributed by atoms with E-state index in [0.717, 1.165) is 13.2 Å². The maximum Gasteiger partial charge on any atom is 0.0814 e. The van der Waals surface area contributed by atoms with E-state index in [0.29, 0.717) is 0 Å². The Bertz CT molecular complexity index is 24.7. The van der Waals surface area contributed by atoms with Gasteiger partial charge in [-0.3, -0.25) is 18.8 Å². The molecule has 0 N–H and O–H groups in total. The van der Waals surface area contributed by atoms with Crippen molar-refractivity contribution in [2.45, 2.75) is 13.8 Å². The molecule has 0 fully saturated rings. The first-order valence-electron chi connectivity index (χ1n) is 1.99. The van der Waals surface area contributed by atoms with E-state index in [4.69, 9.17) is 4.74 Å². The molecule has 0 spiro atoms. The van der Waals surface area contributed by atoms with Crippen molar-refractivity contribution in [3.8, 4) is 0 Å². The average Bonchev–Trinajstić information content (AvgIpc) is 1.41. The Morgan fingerprint density at radius 2 is 1.00 bits per heavy atom. The lowest BCUT2D eigenvalue weighted by atomic mass is 10.8.